The molecule has 7 nitrogen and oxygen atoms in total. The molecule has 0 saturated heterocycles. The van der Waals surface area contributed by atoms with Crippen LogP contribution in [0.15, 0.2) is 9.41 Å². The van der Waals surface area contributed by atoms with Crippen molar-refractivity contribution in [2.45, 2.75) is 65.0 Å². The third-order valence-electron chi connectivity index (χ3n) is 4.32. The van der Waals surface area contributed by atoms with Gasteiger partial charge in [0, 0.05) is 26.1 Å². The molecule has 1 saturated carbocycles. The van der Waals surface area contributed by atoms with E-state index in [1.165, 1.54) is 19.3 Å². The van der Waals surface area contributed by atoms with Gasteiger partial charge in [-0.05, 0) is 26.7 Å². The van der Waals surface area contributed by atoms with Crippen molar-refractivity contribution in [2.24, 2.45) is 4.99 Å². The van der Waals surface area contributed by atoms with Gasteiger partial charge < -0.3 is 20.4 Å². The highest BCUT2D eigenvalue weighted by Gasteiger charge is 2.15. The first kappa shape index (κ1) is 18.3. The van der Waals surface area contributed by atoms with Crippen LogP contribution in [-0.2, 0) is 11.3 Å². The summed E-state index contributed by atoms with van der Waals surface area (Å²) in [6.07, 6.45) is 6.39. The summed E-state index contributed by atoms with van der Waals surface area (Å²) in [5.74, 6) is 2.19. The van der Waals surface area contributed by atoms with Crippen LogP contribution < -0.4 is 16.0 Å². The van der Waals surface area contributed by atoms with Crippen LogP contribution >= 0.6 is 0 Å². The van der Waals surface area contributed by atoms with Gasteiger partial charge >= 0.3 is 0 Å². The molecule has 7 heteroatoms. The molecule has 1 amide bonds. The molecule has 0 aliphatic heterocycles. The molecule has 1 aliphatic rings. The first-order valence-electron chi connectivity index (χ1n) is 8.75. The lowest BCUT2D eigenvalue weighted by atomic mass is 9.95. The van der Waals surface area contributed by atoms with Crippen LogP contribution in [0.25, 0.3) is 0 Å². The maximum atomic E-state index is 12.0. The van der Waals surface area contributed by atoms with Crippen molar-refractivity contribution in [1.82, 2.24) is 20.9 Å². The number of nitrogens with zero attached hydrogens (tertiary/aromatic N) is 2. The average Bonchev–Trinajstić information content (AvgIpc) is 2.90. The predicted molar refractivity (Wildman–Crippen MR) is 93.8 cm³/mol. The van der Waals surface area contributed by atoms with Crippen molar-refractivity contribution >= 4 is 11.9 Å². The van der Waals surface area contributed by atoms with Crippen molar-refractivity contribution in [2.75, 3.05) is 13.6 Å². The van der Waals surface area contributed by atoms with E-state index in [9.17, 15) is 4.79 Å². The van der Waals surface area contributed by atoms with Crippen LogP contribution in [0.4, 0.5) is 0 Å². The molecule has 1 aromatic rings. The second-order valence-electron chi connectivity index (χ2n) is 6.25. The van der Waals surface area contributed by atoms with Gasteiger partial charge in [0.15, 0.2) is 5.96 Å². The molecule has 134 valence electrons. The number of nitrogens with one attached hydrogen (secondary N) is 3. The Morgan fingerprint density at radius 1 is 1.25 bits per heavy atom. The summed E-state index contributed by atoms with van der Waals surface area (Å²) in [5.41, 5.74) is 0.897. The third-order valence-corrected chi connectivity index (χ3v) is 4.32. The van der Waals surface area contributed by atoms with Gasteiger partial charge in [-0.3, -0.25) is 9.79 Å². The summed E-state index contributed by atoms with van der Waals surface area (Å²) in [7, 11) is 1.70. The van der Waals surface area contributed by atoms with Crippen molar-refractivity contribution < 1.29 is 9.21 Å². The van der Waals surface area contributed by atoms with Crippen LogP contribution in [0, 0.1) is 13.8 Å². The standard InChI is InChI=1S/C17H29N5O2/c1-12-13(2)24-16(21-12)11-20-17(18-3)19-10-9-15(23)22-14-7-5-4-6-8-14/h14H,4-11H2,1-3H3,(H,22,23)(H2,18,19,20). The summed E-state index contributed by atoms with van der Waals surface area (Å²) in [5, 5.41) is 9.38. The van der Waals surface area contributed by atoms with Crippen molar-refractivity contribution in [3.05, 3.63) is 17.3 Å². The minimum absolute atomic E-state index is 0.101. The molecule has 1 heterocycles. The molecule has 0 aromatic carbocycles. The first-order chi connectivity index (χ1) is 11.6. The highest BCUT2D eigenvalue weighted by Crippen LogP contribution is 2.17. The Morgan fingerprint density at radius 2 is 2.00 bits per heavy atom. The number of carbonyl (C=O) groups is 1. The number of hydrogen-bond acceptors (Lipinski definition) is 4. The molecule has 3 N–H and O–H groups in total. The van der Waals surface area contributed by atoms with E-state index in [0.717, 1.165) is 24.3 Å². The summed E-state index contributed by atoms with van der Waals surface area (Å²) < 4.78 is 5.52. The van der Waals surface area contributed by atoms with Gasteiger partial charge in [-0.1, -0.05) is 19.3 Å². The SMILES string of the molecule is CN=C(NCCC(=O)NC1CCCCC1)NCc1nc(C)c(C)o1. The van der Waals surface area contributed by atoms with Crippen molar-refractivity contribution in [3.63, 3.8) is 0 Å². The zero-order valence-electron chi connectivity index (χ0n) is 14.9. The Hall–Kier alpha value is -2.05. The van der Waals surface area contributed by atoms with Gasteiger partial charge in [0.05, 0.1) is 12.2 Å². The number of aryl methyl sites for hydroxylation is 2. The van der Waals surface area contributed by atoms with E-state index in [-0.39, 0.29) is 5.91 Å². The summed E-state index contributed by atoms with van der Waals surface area (Å²) in [6.45, 7) is 4.81. The van der Waals surface area contributed by atoms with Crippen LogP contribution in [0.3, 0.4) is 0 Å². The molecule has 2 rings (SSSR count). The molecule has 1 aromatic heterocycles. The molecular weight excluding hydrogens is 306 g/mol. The highest BCUT2D eigenvalue weighted by atomic mass is 16.4. The quantitative estimate of drug-likeness (QED) is 0.545. The van der Waals surface area contributed by atoms with Gasteiger partial charge in [-0.25, -0.2) is 4.98 Å². The van der Waals surface area contributed by atoms with E-state index in [2.05, 4.69) is 25.9 Å². The number of guanidine groups is 1. The van der Waals surface area contributed by atoms with Gasteiger partial charge in [0.2, 0.25) is 11.8 Å². The van der Waals surface area contributed by atoms with E-state index < -0.39 is 0 Å². The van der Waals surface area contributed by atoms with Crippen LogP contribution in [0.1, 0.15) is 55.9 Å². The zero-order valence-corrected chi connectivity index (χ0v) is 14.9. The average molecular weight is 335 g/mol. The number of hydrogen-bond donors (Lipinski definition) is 3. The molecule has 1 aliphatic carbocycles. The number of carbonyl (C=O) groups excluding carboxylic acids is 1. The van der Waals surface area contributed by atoms with Crippen molar-refractivity contribution in [3.8, 4) is 0 Å². The summed E-state index contributed by atoms with van der Waals surface area (Å²) in [6, 6.07) is 0.361. The van der Waals surface area contributed by atoms with Gasteiger partial charge in [-0.15, -0.1) is 0 Å². The van der Waals surface area contributed by atoms with Gasteiger partial charge in [0.25, 0.3) is 0 Å². The molecule has 0 radical (unpaired) electrons. The van der Waals surface area contributed by atoms with Gasteiger partial charge in [0.1, 0.15) is 5.76 Å². The second-order valence-corrected chi connectivity index (χ2v) is 6.25. The monoisotopic (exact) mass is 335 g/mol. The number of rotatable bonds is 6. The molecule has 0 spiro atoms. The minimum atomic E-state index is 0.101. The van der Waals surface area contributed by atoms with E-state index in [1.54, 1.807) is 7.05 Å². The van der Waals surface area contributed by atoms with Crippen molar-refractivity contribution in [1.29, 1.82) is 0 Å². The Labute approximate surface area is 143 Å². The number of aliphatic imine (C=N–C) groups is 1. The van der Waals surface area contributed by atoms with Crippen LogP contribution in [0.5, 0.6) is 0 Å². The van der Waals surface area contributed by atoms with E-state index in [0.29, 0.717) is 37.4 Å². The number of aromatic nitrogens is 1. The van der Waals surface area contributed by atoms with Crippen LogP contribution in [0.2, 0.25) is 0 Å². The Morgan fingerprint density at radius 3 is 2.62 bits per heavy atom. The summed E-state index contributed by atoms with van der Waals surface area (Å²) >= 11 is 0. The summed E-state index contributed by atoms with van der Waals surface area (Å²) in [4.78, 5) is 20.4. The lowest BCUT2D eigenvalue weighted by molar-refractivity contribution is -0.121. The highest BCUT2D eigenvalue weighted by molar-refractivity contribution is 5.81. The van der Waals surface area contributed by atoms with Crippen LogP contribution in [-0.4, -0.2) is 36.5 Å². The Bertz CT molecular complexity index is 542. The Kier molecular flexibility index (Phi) is 7.08. The fourth-order valence-corrected chi connectivity index (χ4v) is 2.84. The number of oxazole rings is 1. The lowest BCUT2D eigenvalue weighted by Gasteiger charge is -2.22. The number of amides is 1. The Balaban J connectivity index is 1.64. The molecule has 1 fully saturated rings. The van der Waals surface area contributed by atoms with E-state index in [1.807, 2.05) is 13.8 Å². The maximum Gasteiger partial charge on any atom is 0.221 e. The largest absolute Gasteiger partial charge is 0.444 e. The minimum Gasteiger partial charge on any atom is -0.444 e. The van der Waals surface area contributed by atoms with E-state index in [4.69, 9.17) is 4.42 Å². The first-order valence-corrected chi connectivity index (χ1v) is 8.75. The maximum absolute atomic E-state index is 12.0. The fraction of sp³-hybridized carbons (Fsp3) is 0.706. The lowest BCUT2D eigenvalue weighted by Crippen LogP contribution is -2.41. The third kappa shape index (κ3) is 5.86. The second kappa shape index (κ2) is 9.30. The zero-order chi connectivity index (χ0) is 17.4. The molecule has 24 heavy (non-hydrogen) atoms. The van der Waals surface area contributed by atoms with E-state index >= 15 is 0 Å². The molecule has 0 unspecified atom stereocenters. The normalized spacial score (nSPS) is 16.0. The fourth-order valence-electron chi connectivity index (χ4n) is 2.84. The smallest absolute Gasteiger partial charge is 0.221 e. The molecule has 0 atom stereocenters. The van der Waals surface area contributed by atoms with Gasteiger partial charge in [-0.2, -0.15) is 0 Å². The molecular formula is C17H29N5O2. The topological polar surface area (TPSA) is 91.5 Å². The predicted octanol–water partition coefficient (Wildman–Crippen LogP) is 1.80. The molecule has 0 bridgehead atoms.